The number of hydrogen-bond acceptors (Lipinski definition) is 2. The zero-order valence-electron chi connectivity index (χ0n) is 10.2. The van der Waals surface area contributed by atoms with E-state index in [2.05, 4.69) is 32.6 Å². The van der Waals surface area contributed by atoms with Crippen LogP contribution in [0.25, 0.3) is 0 Å². The van der Waals surface area contributed by atoms with Crippen molar-refractivity contribution in [3.63, 3.8) is 0 Å². The lowest BCUT2D eigenvalue weighted by Gasteiger charge is -2.34. The van der Waals surface area contributed by atoms with Crippen LogP contribution in [0.15, 0.2) is 0 Å². The summed E-state index contributed by atoms with van der Waals surface area (Å²) in [6.07, 6.45) is 3.85. The van der Waals surface area contributed by atoms with Gasteiger partial charge in [0, 0.05) is 24.7 Å². The third-order valence-electron chi connectivity index (χ3n) is 3.21. The third-order valence-corrected chi connectivity index (χ3v) is 3.21. The minimum atomic E-state index is 0.342. The highest BCUT2D eigenvalue weighted by molar-refractivity contribution is 4.90. The molecule has 0 aromatic heterocycles. The molecule has 2 nitrogen and oxygen atoms in total. The Kier molecular flexibility index (Phi) is 4.39. The SMILES string of the molecule is CCC(N)C(C)N(CC(C)C)C1CC1. The first-order valence-corrected chi connectivity index (χ1v) is 6.07. The molecule has 1 aliphatic rings. The fraction of sp³-hybridized carbons (Fsp3) is 1.00. The van der Waals surface area contributed by atoms with E-state index in [0.29, 0.717) is 12.1 Å². The zero-order chi connectivity index (χ0) is 10.7. The molecule has 0 aliphatic heterocycles. The molecule has 0 aromatic rings. The monoisotopic (exact) mass is 198 g/mol. The predicted molar refractivity (Wildman–Crippen MR) is 62.3 cm³/mol. The van der Waals surface area contributed by atoms with Gasteiger partial charge in [0.05, 0.1) is 0 Å². The van der Waals surface area contributed by atoms with Gasteiger partial charge in [-0.1, -0.05) is 20.8 Å². The van der Waals surface area contributed by atoms with Crippen molar-refractivity contribution in [3.05, 3.63) is 0 Å². The van der Waals surface area contributed by atoms with Gasteiger partial charge in [0.15, 0.2) is 0 Å². The number of rotatable bonds is 6. The van der Waals surface area contributed by atoms with Crippen LogP contribution in [0.2, 0.25) is 0 Å². The fourth-order valence-electron chi connectivity index (χ4n) is 2.06. The summed E-state index contributed by atoms with van der Waals surface area (Å²) in [7, 11) is 0. The highest BCUT2D eigenvalue weighted by Gasteiger charge is 2.33. The summed E-state index contributed by atoms with van der Waals surface area (Å²) in [5.41, 5.74) is 6.12. The first-order chi connectivity index (χ1) is 6.56. The van der Waals surface area contributed by atoms with E-state index in [1.807, 2.05) is 0 Å². The van der Waals surface area contributed by atoms with Crippen LogP contribution in [0, 0.1) is 5.92 Å². The Morgan fingerprint density at radius 2 is 1.86 bits per heavy atom. The minimum absolute atomic E-state index is 0.342. The van der Waals surface area contributed by atoms with E-state index in [0.717, 1.165) is 18.4 Å². The van der Waals surface area contributed by atoms with Crippen LogP contribution in [0.4, 0.5) is 0 Å². The summed E-state index contributed by atoms with van der Waals surface area (Å²) in [6.45, 7) is 10.3. The van der Waals surface area contributed by atoms with E-state index in [9.17, 15) is 0 Å². The largest absolute Gasteiger partial charge is 0.326 e. The van der Waals surface area contributed by atoms with Gasteiger partial charge in [-0.25, -0.2) is 0 Å². The van der Waals surface area contributed by atoms with Gasteiger partial charge in [-0.3, -0.25) is 4.90 Å². The van der Waals surface area contributed by atoms with Crippen LogP contribution in [0.1, 0.15) is 47.0 Å². The molecule has 14 heavy (non-hydrogen) atoms. The van der Waals surface area contributed by atoms with Crippen molar-refractivity contribution >= 4 is 0 Å². The standard InChI is InChI=1S/C12H26N2/c1-5-12(13)10(4)14(8-9(2)3)11-6-7-11/h9-12H,5-8,13H2,1-4H3. The van der Waals surface area contributed by atoms with Gasteiger partial charge >= 0.3 is 0 Å². The van der Waals surface area contributed by atoms with E-state index in [1.54, 1.807) is 0 Å². The van der Waals surface area contributed by atoms with Crippen molar-refractivity contribution in [1.29, 1.82) is 0 Å². The highest BCUT2D eigenvalue weighted by Crippen LogP contribution is 2.30. The first-order valence-electron chi connectivity index (χ1n) is 6.07. The second-order valence-electron chi connectivity index (χ2n) is 5.13. The Labute approximate surface area is 88.8 Å². The van der Waals surface area contributed by atoms with Crippen LogP contribution >= 0.6 is 0 Å². The van der Waals surface area contributed by atoms with Crippen LogP contribution in [0.3, 0.4) is 0 Å². The molecule has 0 saturated heterocycles. The van der Waals surface area contributed by atoms with Gasteiger partial charge in [0.25, 0.3) is 0 Å². The van der Waals surface area contributed by atoms with Crippen molar-refractivity contribution in [1.82, 2.24) is 4.90 Å². The molecular weight excluding hydrogens is 172 g/mol. The Morgan fingerprint density at radius 3 is 2.21 bits per heavy atom. The normalized spacial score (nSPS) is 21.6. The summed E-state index contributed by atoms with van der Waals surface area (Å²) in [5.74, 6) is 0.752. The lowest BCUT2D eigenvalue weighted by atomic mass is 10.0. The summed E-state index contributed by atoms with van der Waals surface area (Å²) >= 11 is 0. The molecule has 1 fully saturated rings. The van der Waals surface area contributed by atoms with E-state index >= 15 is 0 Å². The molecule has 1 saturated carbocycles. The Bertz CT molecular complexity index is 164. The van der Waals surface area contributed by atoms with E-state index in [-0.39, 0.29) is 0 Å². The molecular formula is C12H26N2. The Hall–Kier alpha value is -0.0800. The zero-order valence-corrected chi connectivity index (χ0v) is 10.2. The molecule has 2 unspecified atom stereocenters. The molecule has 2 heteroatoms. The highest BCUT2D eigenvalue weighted by atomic mass is 15.2. The van der Waals surface area contributed by atoms with Gasteiger partial charge in [0.2, 0.25) is 0 Å². The quantitative estimate of drug-likeness (QED) is 0.709. The first kappa shape index (κ1) is 12.0. The molecule has 0 bridgehead atoms. The minimum Gasteiger partial charge on any atom is -0.326 e. The number of nitrogens with zero attached hydrogens (tertiary/aromatic N) is 1. The molecule has 0 amide bonds. The lowest BCUT2D eigenvalue weighted by Crippen LogP contribution is -2.48. The molecule has 2 N–H and O–H groups in total. The van der Waals surface area contributed by atoms with Gasteiger partial charge in [0.1, 0.15) is 0 Å². The van der Waals surface area contributed by atoms with Crippen molar-refractivity contribution in [2.45, 2.75) is 65.1 Å². The van der Waals surface area contributed by atoms with Crippen LogP contribution < -0.4 is 5.73 Å². The predicted octanol–water partition coefficient (Wildman–Crippen LogP) is 2.23. The van der Waals surface area contributed by atoms with Crippen molar-refractivity contribution in [3.8, 4) is 0 Å². The molecule has 0 radical (unpaired) electrons. The Balaban J connectivity index is 2.48. The van der Waals surface area contributed by atoms with Gasteiger partial charge < -0.3 is 5.73 Å². The van der Waals surface area contributed by atoms with Crippen LogP contribution in [-0.2, 0) is 0 Å². The van der Waals surface area contributed by atoms with E-state index in [4.69, 9.17) is 5.73 Å². The second kappa shape index (κ2) is 5.13. The fourth-order valence-corrected chi connectivity index (χ4v) is 2.06. The van der Waals surface area contributed by atoms with Gasteiger partial charge in [-0.05, 0) is 32.1 Å². The van der Waals surface area contributed by atoms with Crippen LogP contribution in [0.5, 0.6) is 0 Å². The van der Waals surface area contributed by atoms with Crippen molar-refractivity contribution in [2.75, 3.05) is 6.54 Å². The molecule has 0 spiro atoms. The van der Waals surface area contributed by atoms with Crippen molar-refractivity contribution in [2.24, 2.45) is 11.7 Å². The average Bonchev–Trinajstić information content (AvgIpc) is 2.94. The summed E-state index contributed by atoms with van der Waals surface area (Å²) < 4.78 is 0. The van der Waals surface area contributed by atoms with Gasteiger partial charge in [-0.2, -0.15) is 0 Å². The molecule has 1 aliphatic carbocycles. The Morgan fingerprint density at radius 1 is 1.29 bits per heavy atom. The third kappa shape index (κ3) is 3.25. The van der Waals surface area contributed by atoms with E-state index in [1.165, 1.54) is 19.4 Å². The van der Waals surface area contributed by atoms with Crippen molar-refractivity contribution < 1.29 is 0 Å². The summed E-state index contributed by atoms with van der Waals surface area (Å²) in [6, 6.07) is 1.73. The molecule has 1 rings (SSSR count). The van der Waals surface area contributed by atoms with Gasteiger partial charge in [-0.15, -0.1) is 0 Å². The second-order valence-corrected chi connectivity index (χ2v) is 5.13. The molecule has 0 heterocycles. The maximum atomic E-state index is 6.12. The average molecular weight is 198 g/mol. The smallest absolute Gasteiger partial charge is 0.0221 e. The molecule has 84 valence electrons. The number of nitrogens with two attached hydrogens (primary N) is 1. The maximum absolute atomic E-state index is 6.12. The van der Waals surface area contributed by atoms with E-state index < -0.39 is 0 Å². The topological polar surface area (TPSA) is 29.3 Å². The summed E-state index contributed by atoms with van der Waals surface area (Å²) in [5, 5.41) is 0. The molecule has 2 atom stereocenters. The molecule has 0 aromatic carbocycles. The summed E-state index contributed by atoms with van der Waals surface area (Å²) in [4.78, 5) is 2.62. The number of hydrogen-bond donors (Lipinski definition) is 1. The van der Waals surface area contributed by atoms with Crippen LogP contribution in [-0.4, -0.2) is 29.6 Å². The lowest BCUT2D eigenvalue weighted by molar-refractivity contribution is 0.153. The maximum Gasteiger partial charge on any atom is 0.0221 e.